The Hall–Kier alpha value is 0.0700. The summed E-state index contributed by atoms with van der Waals surface area (Å²) in [5, 5.41) is 9.52. The zero-order chi connectivity index (χ0) is 9.19. The molecule has 0 amide bonds. The lowest BCUT2D eigenvalue weighted by Gasteiger charge is -2.31. The molecule has 0 radical (unpaired) electrons. The summed E-state index contributed by atoms with van der Waals surface area (Å²) < 4.78 is 11.0. The minimum atomic E-state index is -0.626. The van der Waals surface area contributed by atoms with Gasteiger partial charge in [-0.05, 0) is 13.8 Å². The molecule has 0 aliphatic carbocycles. The van der Waals surface area contributed by atoms with Gasteiger partial charge in [0.25, 0.3) is 0 Å². The zero-order valence-electron chi connectivity index (χ0n) is 7.75. The van der Waals surface area contributed by atoms with Crippen LogP contribution in [0, 0.1) is 0 Å². The molecule has 1 heterocycles. The van der Waals surface area contributed by atoms with E-state index in [1.807, 2.05) is 0 Å². The van der Waals surface area contributed by atoms with Gasteiger partial charge in [0, 0.05) is 41.9 Å². The molecular formula is C8H17NO2S. The lowest BCUT2D eigenvalue weighted by atomic mass is 10.1. The van der Waals surface area contributed by atoms with Gasteiger partial charge < -0.3 is 5.11 Å². The highest BCUT2D eigenvalue weighted by Crippen LogP contribution is 2.07. The van der Waals surface area contributed by atoms with Crippen molar-refractivity contribution >= 4 is 10.8 Å². The molecule has 12 heavy (non-hydrogen) atoms. The van der Waals surface area contributed by atoms with Crippen LogP contribution in [0.15, 0.2) is 0 Å². The fourth-order valence-electron chi connectivity index (χ4n) is 1.38. The van der Waals surface area contributed by atoms with Crippen LogP contribution < -0.4 is 0 Å². The van der Waals surface area contributed by atoms with Crippen molar-refractivity contribution in [2.75, 3.05) is 31.1 Å². The molecule has 72 valence electrons. The highest BCUT2D eigenvalue weighted by Gasteiger charge is 2.21. The van der Waals surface area contributed by atoms with Gasteiger partial charge in [-0.2, -0.15) is 0 Å². The molecular weight excluding hydrogens is 174 g/mol. The summed E-state index contributed by atoms with van der Waals surface area (Å²) in [6.07, 6.45) is 0. The van der Waals surface area contributed by atoms with Crippen LogP contribution in [0.5, 0.6) is 0 Å². The van der Waals surface area contributed by atoms with Crippen molar-refractivity contribution in [1.82, 2.24) is 4.90 Å². The predicted molar refractivity (Wildman–Crippen MR) is 50.6 cm³/mol. The Kier molecular flexibility index (Phi) is 3.26. The van der Waals surface area contributed by atoms with E-state index in [0.29, 0.717) is 6.54 Å². The normalized spacial score (nSPS) is 22.9. The van der Waals surface area contributed by atoms with Gasteiger partial charge >= 0.3 is 0 Å². The third-order valence-corrected chi connectivity index (χ3v) is 3.16. The molecule has 4 heteroatoms. The van der Waals surface area contributed by atoms with Crippen molar-refractivity contribution in [2.45, 2.75) is 19.4 Å². The summed E-state index contributed by atoms with van der Waals surface area (Å²) >= 11 is 0. The third-order valence-electron chi connectivity index (χ3n) is 1.88. The monoisotopic (exact) mass is 191 g/mol. The van der Waals surface area contributed by atoms with Gasteiger partial charge in [0.2, 0.25) is 0 Å². The van der Waals surface area contributed by atoms with Crippen LogP contribution in [0.1, 0.15) is 13.8 Å². The van der Waals surface area contributed by atoms with E-state index in [-0.39, 0.29) is 0 Å². The summed E-state index contributed by atoms with van der Waals surface area (Å²) in [4.78, 5) is 2.17. The van der Waals surface area contributed by atoms with Gasteiger partial charge in [-0.1, -0.05) is 0 Å². The zero-order valence-corrected chi connectivity index (χ0v) is 8.56. The molecule has 1 fully saturated rings. The number of nitrogens with zero attached hydrogens (tertiary/aromatic N) is 1. The van der Waals surface area contributed by atoms with Crippen LogP contribution in [-0.2, 0) is 10.8 Å². The molecule has 0 spiro atoms. The van der Waals surface area contributed by atoms with Crippen molar-refractivity contribution in [2.24, 2.45) is 0 Å². The first-order valence-corrected chi connectivity index (χ1v) is 5.76. The van der Waals surface area contributed by atoms with Gasteiger partial charge in [0.15, 0.2) is 0 Å². The van der Waals surface area contributed by atoms with Crippen molar-refractivity contribution in [3.63, 3.8) is 0 Å². The van der Waals surface area contributed by atoms with E-state index in [1.165, 1.54) is 0 Å². The molecule has 1 aliphatic rings. The second kappa shape index (κ2) is 3.85. The van der Waals surface area contributed by atoms with Crippen molar-refractivity contribution in [3.8, 4) is 0 Å². The maximum atomic E-state index is 11.0. The standard InChI is InChI=1S/C8H17NO2S/c1-8(2,10)7-9-3-5-12(11)6-4-9/h10H,3-7H2,1-2H3. The van der Waals surface area contributed by atoms with Crippen LogP contribution in [0.25, 0.3) is 0 Å². The van der Waals surface area contributed by atoms with E-state index >= 15 is 0 Å². The number of aliphatic hydroxyl groups is 1. The average Bonchev–Trinajstić information content (AvgIpc) is 1.91. The third kappa shape index (κ3) is 3.65. The van der Waals surface area contributed by atoms with Crippen molar-refractivity contribution in [3.05, 3.63) is 0 Å². The molecule has 1 aliphatic heterocycles. The average molecular weight is 191 g/mol. The molecule has 3 nitrogen and oxygen atoms in total. The Morgan fingerprint density at radius 1 is 1.42 bits per heavy atom. The van der Waals surface area contributed by atoms with E-state index in [9.17, 15) is 9.32 Å². The van der Waals surface area contributed by atoms with E-state index in [2.05, 4.69) is 4.90 Å². The molecule has 1 rings (SSSR count). The van der Waals surface area contributed by atoms with E-state index in [4.69, 9.17) is 0 Å². The molecule has 0 saturated carbocycles. The Bertz CT molecular complexity index is 166. The minimum absolute atomic E-state index is 0.613. The largest absolute Gasteiger partial charge is 0.389 e. The Morgan fingerprint density at radius 3 is 2.33 bits per heavy atom. The van der Waals surface area contributed by atoms with Crippen LogP contribution in [0.3, 0.4) is 0 Å². The molecule has 0 atom stereocenters. The number of hydrogen-bond acceptors (Lipinski definition) is 3. The van der Waals surface area contributed by atoms with Crippen LogP contribution >= 0.6 is 0 Å². The topological polar surface area (TPSA) is 40.5 Å². The molecule has 1 saturated heterocycles. The summed E-state index contributed by atoms with van der Waals surface area (Å²) in [6, 6.07) is 0. The summed E-state index contributed by atoms with van der Waals surface area (Å²) in [5.74, 6) is 1.52. The number of rotatable bonds is 2. The lowest BCUT2D eigenvalue weighted by Crippen LogP contribution is -2.45. The van der Waals surface area contributed by atoms with E-state index in [1.54, 1.807) is 13.8 Å². The first-order chi connectivity index (χ1) is 5.47. The maximum Gasteiger partial charge on any atom is 0.0718 e. The van der Waals surface area contributed by atoms with Crippen LogP contribution in [-0.4, -0.2) is 51.0 Å². The lowest BCUT2D eigenvalue weighted by molar-refractivity contribution is 0.0393. The SMILES string of the molecule is CC(C)(O)CN1CCS(=O)CC1. The molecule has 0 bridgehead atoms. The van der Waals surface area contributed by atoms with Gasteiger partial charge in [-0.25, -0.2) is 0 Å². The molecule has 0 aromatic rings. The second-order valence-corrected chi connectivity index (χ2v) is 5.63. The first kappa shape index (κ1) is 10.2. The van der Waals surface area contributed by atoms with Crippen LogP contribution in [0.2, 0.25) is 0 Å². The first-order valence-electron chi connectivity index (χ1n) is 4.27. The highest BCUT2D eigenvalue weighted by atomic mass is 32.2. The summed E-state index contributed by atoms with van der Waals surface area (Å²) in [7, 11) is -0.613. The summed E-state index contributed by atoms with van der Waals surface area (Å²) in [6.45, 7) is 6.01. The molecule has 0 aromatic heterocycles. The quantitative estimate of drug-likeness (QED) is 0.658. The smallest absolute Gasteiger partial charge is 0.0718 e. The minimum Gasteiger partial charge on any atom is -0.389 e. The number of hydrogen-bond donors (Lipinski definition) is 1. The molecule has 0 aromatic carbocycles. The fraction of sp³-hybridized carbons (Fsp3) is 1.00. The Balaban J connectivity index is 2.31. The highest BCUT2D eigenvalue weighted by molar-refractivity contribution is 7.85. The Morgan fingerprint density at radius 2 is 1.92 bits per heavy atom. The van der Waals surface area contributed by atoms with Gasteiger partial charge in [0.1, 0.15) is 0 Å². The van der Waals surface area contributed by atoms with Gasteiger partial charge in [0.05, 0.1) is 5.60 Å². The van der Waals surface area contributed by atoms with Crippen LogP contribution in [0.4, 0.5) is 0 Å². The molecule has 0 unspecified atom stereocenters. The van der Waals surface area contributed by atoms with Gasteiger partial charge in [-0.3, -0.25) is 9.11 Å². The summed E-state index contributed by atoms with van der Waals surface area (Å²) in [5.41, 5.74) is -0.626. The number of β-amino-alcohol motifs (C(OH)–C–C–N with tert-alkyl or cyclic N) is 1. The molecule has 1 N–H and O–H groups in total. The Labute approximate surface area is 76.2 Å². The fourth-order valence-corrected chi connectivity index (χ4v) is 2.51. The second-order valence-electron chi connectivity index (χ2n) is 3.94. The van der Waals surface area contributed by atoms with Crippen molar-refractivity contribution in [1.29, 1.82) is 0 Å². The maximum absolute atomic E-state index is 11.0. The predicted octanol–water partition coefficient (Wildman–Crippen LogP) is -0.178. The van der Waals surface area contributed by atoms with Gasteiger partial charge in [-0.15, -0.1) is 0 Å². The van der Waals surface area contributed by atoms with E-state index < -0.39 is 16.4 Å². The van der Waals surface area contributed by atoms with Crippen molar-refractivity contribution < 1.29 is 9.32 Å². The van der Waals surface area contributed by atoms with E-state index in [0.717, 1.165) is 24.6 Å².